The largest absolute Gasteiger partial charge is 0.564 e. The van der Waals surface area contributed by atoms with Crippen LogP contribution in [0, 0.1) is 0 Å². The third kappa shape index (κ3) is 6.89. The minimum absolute atomic E-state index is 0.262. The van der Waals surface area contributed by atoms with Crippen LogP contribution in [0.2, 0.25) is 0 Å². The molecule has 0 N–H and O–H groups in total. The summed E-state index contributed by atoms with van der Waals surface area (Å²) in [6, 6.07) is 5.54. The number of nitrogens with zero attached hydrogens (tertiary/aromatic N) is 3. The summed E-state index contributed by atoms with van der Waals surface area (Å²) in [5.41, 5.74) is -6.83. The highest BCUT2D eigenvalue weighted by Crippen LogP contribution is 2.49. The minimum atomic E-state index is -6.26. The zero-order valence-corrected chi connectivity index (χ0v) is 27.8. The van der Waals surface area contributed by atoms with E-state index in [2.05, 4.69) is 0 Å². The summed E-state index contributed by atoms with van der Waals surface area (Å²) in [7, 11) is -18.8. The first-order chi connectivity index (χ1) is 20.4. The molecule has 0 radical (unpaired) electrons. The molecule has 0 unspecified atom stereocenters. The van der Waals surface area contributed by atoms with Gasteiger partial charge in [-0.2, -0.15) is 21.6 Å². The van der Waals surface area contributed by atoms with Crippen molar-refractivity contribution in [2.75, 3.05) is 11.5 Å². The second-order valence-electron chi connectivity index (χ2n) is 12.0. The predicted molar refractivity (Wildman–Crippen MR) is 161 cm³/mol. The molecule has 44 heavy (non-hydrogen) atoms. The number of benzene rings is 1. The predicted octanol–water partition coefficient (Wildman–Crippen LogP) is 3.86. The van der Waals surface area contributed by atoms with Crippen molar-refractivity contribution in [3.63, 3.8) is 0 Å². The van der Waals surface area contributed by atoms with Crippen LogP contribution in [0.3, 0.4) is 0 Å². The lowest BCUT2D eigenvalue weighted by Crippen LogP contribution is -2.65. The zero-order valence-electron chi connectivity index (χ0n) is 25.3. The van der Waals surface area contributed by atoms with E-state index in [-0.39, 0.29) is 24.3 Å². The average molecular weight is 685 g/mol. The van der Waals surface area contributed by atoms with Gasteiger partial charge < -0.3 is 4.65 Å². The Morgan fingerprint density at radius 1 is 0.886 bits per heavy atom. The quantitative estimate of drug-likeness (QED) is 0.238. The van der Waals surface area contributed by atoms with Crippen molar-refractivity contribution in [1.29, 1.82) is 0 Å². The minimum Gasteiger partial charge on any atom is -0.390 e. The van der Waals surface area contributed by atoms with Crippen molar-refractivity contribution in [3.8, 4) is 0 Å². The van der Waals surface area contributed by atoms with E-state index in [0.717, 1.165) is 13.2 Å². The van der Waals surface area contributed by atoms with Gasteiger partial charge in [-0.3, -0.25) is 8.82 Å². The van der Waals surface area contributed by atoms with Gasteiger partial charge in [0.1, 0.15) is 0 Å². The van der Waals surface area contributed by atoms with Crippen LogP contribution in [0.15, 0.2) is 30.3 Å². The number of hydrogen-bond donors (Lipinski definition) is 0. The Balaban J connectivity index is 2.01. The Bertz CT molecular complexity index is 1430. The fourth-order valence-corrected chi connectivity index (χ4v) is 11.1. The normalized spacial score (nSPS) is 25.9. The van der Waals surface area contributed by atoms with Crippen LogP contribution in [-0.2, 0) is 38.9 Å². The highest BCUT2D eigenvalue weighted by atomic mass is 32.2. The third-order valence-corrected chi connectivity index (χ3v) is 13.2. The van der Waals surface area contributed by atoms with Crippen LogP contribution in [0.25, 0.3) is 0 Å². The molecule has 2 saturated heterocycles. The summed E-state index contributed by atoms with van der Waals surface area (Å²) in [6.45, 7) is 6.62. The van der Waals surface area contributed by atoms with E-state index >= 15 is 0 Å². The molecule has 3 fully saturated rings. The SMILES string of the molecule is CCCCS(=O)(=O)N1B(N2B(OS(=O)(=O)C(F)(F)F)OC(C)(C)[C@H]2c2ccccc2)N(S(=O)(=O)CCCC)[C@@H]2CCCC[C@H]21. The lowest BCUT2D eigenvalue weighted by Gasteiger charge is -2.39. The number of unbranched alkanes of at least 4 members (excludes halogenated alkanes) is 2. The molecule has 0 amide bonds. The van der Waals surface area contributed by atoms with E-state index in [4.69, 9.17) is 8.75 Å². The van der Waals surface area contributed by atoms with Crippen molar-refractivity contribution in [2.24, 2.45) is 0 Å². The average Bonchev–Trinajstić information content (AvgIpc) is 3.41. The van der Waals surface area contributed by atoms with E-state index < -0.39 is 73.8 Å². The molecule has 1 saturated carbocycles. The van der Waals surface area contributed by atoms with Gasteiger partial charge in [0.05, 0.1) is 17.1 Å². The summed E-state index contributed by atoms with van der Waals surface area (Å²) in [4.78, 5) is 0. The van der Waals surface area contributed by atoms with Crippen molar-refractivity contribution in [1.82, 2.24) is 13.2 Å². The third-order valence-electron chi connectivity index (χ3n) is 8.44. The number of halogens is 3. The van der Waals surface area contributed by atoms with Crippen molar-refractivity contribution < 1.29 is 47.2 Å². The molecule has 2 aliphatic heterocycles. The highest BCUT2D eigenvalue weighted by molar-refractivity contribution is 7.92. The second-order valence-corrected chi connectivity index (χ2v) is 17.6. The highest BCUT2D eigenvalue weighted by Gasteiger charge is 2.69. The maximum absolute atomic E-state index is 14.2. The first-order valence-corrected chi connectivity index (χ1v) is 19.5. The Kier molecular flexibility index (Phi) is 10.6. The number of rotatable bonds is 12. The summed E-state index contributed by atoms with van der Waals surface area (Å²) in [6.07, 6.45) is 3.44. The van der Waals surface area contributed by atoms with Crippen LogP contribution in [0.1, 0.15) is 90.7 Å². The lowest BCUT2D eigenvalue weighted by molar-refractivity contribution is -0.0513. The van der Waals surface area contributed by atoms with Crippen molar-refractivity contribution in [3.05, 3.63) is 35.9 Å². The molecule has 11 nitrogen and oxygen atoms in total. The molecule has 0 bridgehead atoms. The molecule has 0 spiro atoms. The van der Waals surface area contributed by atoms with Crippen LogP contribution in [0.4, 0.5) is 13.2 Å². The van der Waals surface area contributed by atoms with Crippen LogP contribution in [0.5, 0.6) is 0 Å². The van der Waals surface area contributed by atoms with Crippen molar-refractivity contribution >= 4 is 44.5 Å². The molecule has 4 rings (SSSR count). The molecule has 19 heteroatoms. The molecule has 3 aliphatic rings. The topological polar surface area (TPSA) is 131 Å². The van der Waals surface area contributed by atoms with Crippen LogP contribution in [-0.4, -0.2) is 87.5 Å². The Hall–Kier alpha value is -1.21. The van der Waals surface area contributed by atoms with Gasteiger partial charge in [0, 0.05) is 18.1 Å². The molecule has 1 aromatic rings. The number of sulfonamides is 2. The standard InChI is InChI=1S/C25H40B2F3N3O8S3/c1-5-7-18-42(34,35)32-21-16-12-13-17-22(21)33(43(36,37)19-8-6-2)26(32)31-23(20-14-10-9-11-15-20)24(3,4)40-27(31)41-44(38,39)25(28,29)30/h9-11,14-15,21-23H,5-8,12-13,16-19H2,1-4H3/t21-,22-,23-/m1/s1. The maximum Gasteiger partial charge on any atom is 0.564 e. The second kappa shape index (κ2) is 13.1. The van der Waals surface area contributed by atoms with E-state index in [0.29, 0.717) is 44.1 Å². The number of fused-ring (bicyclic) bond motifs is 1. The molecule has 3 atom stereocenters. The van der Waals surface area contributed by atoms with E-state index in [1.54, 1.807) is 44.2 Å². The van der Waals surface area contributed by atoms with Gasteiger partial charge in [0.2, 0.25) is 20.0 Å². The van der Waals surface area contributed by atoms with Gasteiger partial charge in [0.15, 0.2) is 0 Å². The summed E-state index contributed by atoms with van der Waals surface area (Å²) >= 11 is 0. The van der Waals surface area contributed by atoms with Gasteiger partial charge in [-0.05, 0) is 45.1 Å². The molecule has 1 aliphatic carbocycles. The molecular formula is C25H40B2F3N3O8S3. The number of alkyl halides is 3. The molecule has 1 aromatic carbocycles. The summed E-state index contributed by atoms with van der Waals surface area (Å²) < 4.78 is 136. The maximum atomic E-state index is 14.2. The molecule has 248 valence electrons. The first-order valence-electron chi connectivity index (χ1n) is 14.9. The Morgan fingerprint density at radius 2 is 1.36 bits per heavy atom. The summed E-state index contributed by atoms with van der Waals surface area (Å²) in [5.74, 6) is -0.654. The summed E-state index contributed by atoms with van der Waals surface area (Å²) in [5, 5.41) is 0. The molecule has 2 heterocycles. The Morgan fingerprint density at radius 3 is 1.80 bits per heavy atom. The molecular weight excluding hydrogens is 645 g/mol. The van der Waals surface area contributed by atoms with Gasteiger partial charge in [0.25, 0.3) is 0 Å². The van der Waals surface area contributed by atoms with E-state index in [1.165, 1.54) is 13.8 Å². The lowest BCUT2D eigenvalue weighted by atomic mass is 9.77. The molecule has 0 aromatic heterocycles. The van der Waals surface area contributed by atoms with E-state index in [1.807, 2.05) is 0 Å². The van der Waals surface area contributed by atoms with Gasteiger partial charge in [-0.1, -0.05) is 69.9 Å². The zero-order chi connectivity index (χ0) is 32.7. The van der Waals surface area contributed by atoms with Gasteiger partial charge >= 0.3 is 30.0 Å². The van der Waals surface area contributed by atoms with Gasteiger partial charge in [-0.25, -0.2) is 25.3 Å². The van der Waals surface area contributed by atoms with E-state index in [9.17, 15) is 38.4 Å². The fraction of sp³-hybridized carbons (Fsp3) is 0.760. The van der Waals surface area contributed by atoms with Crippen LogP contribution < -0.4 is 0 Å². The van der Waals surface area contributed by atoms with Crippen LogP contribution >= 0.6 is 0 Å². The van der Waals surface area contributed by atoms with Crippen molar-refractivity contribution in [2.45, 2.75) is 108 Å². The van der Waals surface area contributed by atoms with Gasteiger partial charge in [-0.15, -0.1) is 0 Å². The monoisotopic (exact) mass is 685 g/mol. The smallest absolute Gasteiger partial charge is 0.390 e. The fourth-order valence-electron chi connectivity index (χ4n) is 6.52. The first kappa shape index (κ1) is 35.6. The number of hydrogen-bond acceptors (Lipinski definition) is 9. The Labute approximate surface area is 260 Å².